The smallest absolute Gasteiger partial charge is 0.275 e. The number of nitrogens with zero attached hydrogens (tertiary/aromatic N) is 2. The Labute approximate surface area is 167 Å². The van der Waals surface area contributed by atoms with Gasteiger partial charge in [0.25, 0.3) is 5.91 Å². The number of carbonyl (C=O) groups is 4. The Bertz CT molecular complexity index is 939. The molecule has 0 aromatic heterocycles. The Kier molecular flexibility index (Phi) is 5.61. The molecule has 1 aliphatic rings. The van der Waals surface area contributed by atoms with Crippen molar-refractivity contribution in [3.05, 3.63) is 70.2 Å². The van der Waals surface area contributed by atoms with E-state index in [1.54, 1.807) is 36.4 Å². The van der Waals surface area contributed by atoms with Gasteiger partial charge in [0, 0.05) is 18.4 Å². The number of carbonyl (C=O) groups excluding carboxylic acids is 4. The zero-order valence-electron chi connectivity index (χ0n) is 15.5. The van der Waals surface area contributed by atoms with Crippen LogP contribution in [-0.4, -0.2) is 39.6 Å². The molecule has 144 valence electrons. The summed E-state index contributed by atoms with van der Waals surface area (Å²) in [5, 5.41) is 1.88. The van der Waals surface area contributed by atoms with Crippen molar-refractivity contribution in [1.29, 1.82) is 0 Å². The van der Waals surface area contributed by atoms with Gasteiger partial charge in [-0.25, -0.2) is 5.01 Å². The fourth-order valence-corrected chi connectivity index (χ4v) is 3.29. The molecule has 1 aliphatic heterocycles. The predicted molar refractivity (Wildman–Crippen MR) is 104 cm³/mol. The first-order valence-corrected chi connectivity index (χ1v) is 9.23. The Hall–Kier alpha value is -2.99. The van der Waals surface area contributed by atoms with E-state index in [0.29, 0.717) is 5.56 Å². The van der Waals surface area contributed by atoms with Gasteiger partial charge < -0.3 is 0 Å². The molecule has 0 N–H and O–H groups in total. The average molecular weight is 399 g/mol. The minimum atomic E-state index is -1.07. The largest absolute Gasteiger partial charge is 0.292 e. The zero-order valence-corrected chi connectivity index (χ0v) is 16.3. The highest BCUT2D eigenvalue weighted by Gasteiger charge is 2.42. The third-order valence-electron chi connectivity index (χ3n) is 4.64. The van der Waals surface area contributed by atoms with Gasteiger partial charge in [-0.15, -0.1) is 0 Å². The highest BCUT2D eigenvalue weighted by Crippen LogP contribution is 2.25. The van der Waals surface area contributed by atoms with Gasteiger partial charge in [0.15, 0.2) is 5.78 Å². The van der Waals surface area contributed by atoms with E-state index in [1.807, 2.05) is 6.92 Å². The maximum atomic E-state index is 13.2. The van der Waals surface area contributed by atoms with Crippen LogP contribution in [0.1, 0.15) is 46.0 Å². The average Bonchev–Trinajstić information content (AvgIpc) is 3.01. The second-order valence-electron chi connectivity index (χ2n) is 6.64. The zero-order chi connectivity index (χ0) is 20.4. The predicted octanol–water partition coefficient (Wildman–Crippen LogP) is 3.43. The van der Waals surface area contributed by atoms with E-state index in [-0.39, 0.29) is 29.2 Å². The first-order valence-electron chi connectivity index (χ1n) is 8.86. The fraction of sp³-hybridized carbons (Fsp3) is 0.238. The number of halogens is 1. The van der Waals surface area contributed by atoms with Crippen LogP contribution >= 0.6 is 11.6 Å². The number of ketones is 1. The minimum Gasteiger partial charge on any atom is -0.292 e. The summed E-state index contributed by atoms with van der Waals surface area (Å²) in [6.07, 6.45) is -0.00679. The summed E-state index contributed by atoms with van der Waals surface area (Å²) in [5.74, 6) is -2.10. The van der Waals surface area contributed by atoms with Crippen molar-refractivity contribution >= 4 is 35.1 Å². The molecule has 3 amide bonds. The molecule has 0 spiro atoms. The van der Waals surface area contributed by atoms with Crippen LogP contribution in [0.3, 0.4) is 0 Å². The van der Waals surface area contributed by atoms with E-state index < -0.39 is 23.8 Å². The van der Waals surface area contributed by atoms with E-state index in [1.165, 1.54) is 19.1 Å². The van der Waals surface area contributed by atoms with Crippen LogP contribution in [0, 0.1) is 6.92 Å². The summed E-state index contributed by atoms with van der Waals surface area (Å²) in [4.78, 5) is 50.9. The van der Waals surface area contributed by atoms with E-state index in [2.05, 4.69) is 0 Å². The number of hydrogen-bond acceptors (Lipinski definition) is 4. The molecule has 28 heavy (non-hydrogen) atoms. The van der Waals surface area contributed by atoms with E-state index >= 15 is 0 Å². The maximum absolute atomic E-state index is 13.2. The molecule has 2 aromatic rings. The fourth-order valence-electron chi connectivity index (χ4n) is 3.07. The summed E-state index contributed by atoms with van der Waals surface area (Å²) < 4.78 is 0. The molecule has 6 nitrogen and oxygen atoms in total. The Morgan fingerprint density at radius 2 is 1.57 bits per heavy atom. The number of benzene rings is 2. The van der Waals surface area contributed by atoms with Crippen molar-refractivity contribution in [2.75, 3.05) is 0 Å². The van der Waals surface area contributed by atoms with Gasteiger partial charge in [-0.3, -0.25) is 19.2 Å². The number of hydrogen-bond donors (Lipinski definition) is 0. The SMILES string of the molecule is Cc1ccc(C(=O)[C@H](C)N(C(=O)c2ccccc2Cl)N2C(=O)CCC2=O)cc1. The molecule has 2 aromatic carbocycles. The molecule has 7 heteroatoms. The molecule has 1 atom stereocenters. The quantitative estimate of drug-likeness (QED) is 0.571. The Morgan fingerprint density at radius 1 is 1.00 bits per heavy atom. The molecule has 3 rings (SSSR count). The highest BCUT2D eigenvalue weighted by molar-refractivity contribution is 6.34. The summed E-state index contributed by atoms with van der Waals surface area (Å²) >= 11 is 6.14. The lowest BCUT2D eigenvalue weighted by atomic mass is 10.0. The first kappa shape index (κ1) is 19.8. The number of hydrazine groups is 1. The van der Waals surface area contributed by atoms with E-state index in [4.69, 9.17) is 11.6 Å². The topological polar surface area (TPSA) is 74.8 Å². The Morgan fingerprint density at radius 3 is 2.14 bits per heavy atom. The second-order valence-corrected chi connectivity index (χ2v) is 7.04. The van der Waals surface area contributed by atoms with Gasteiger partial charge in [-0.05, 0) is 26.0 Å². The third kappa shape index (κ3) is 3.68. The van der Waals surface area contributed by atoms with Crippen LogP contribution in [0.5, 0.6) is 0 Å². The number of amides is 3. The number of imide groups is 1. The molecule has 0 radical (unpaired) electrons. The second kappa shape index (κ2) is 7.94. The van der Waals surface area contributed by atoms with Crippen molar-refractivity contribution in [3.63, 3.8) is 0 Å². The molecule has 0 bridgehead atoms. The number of rotatable bonds is 5. The van der Waals surface area contributed by atoms with Crippen LogP contribution in [0.15, 0.2) is 48.5 Å². The van der Waals surface area contributed by atoms with Crippen molar-refractivity contribution < 1.29 is 19.2 Å². The molecule has 0 aliphatic carbocycles. The number of aryl methyl sites for hydroxylation is 1. The lowest BCUT2D eigenvalue weighted by Crippen LogP contribution is -2.56. The summed E-state index contributed by atoms with van der Waals surface area (Å²) in [5.41, 5.74) is 1.48. The lowest BCUT2D eigenvalue weighted by molar-refractivity contribution is -0.154. The molecule has 0 saturated carbocycles. The molecule has 1 heterocycles. The van der Waals surface area contributed by atoms with Gasteiger partial charge >= 0.3 is 0 Å². The molecule has 0 unspecified atom stereocenters. The van der Waals surface area contributed by atoms with Crippen molar-refractivity contribution in [3.8, 4) is 0 Å². The van der Waals surface area contributed by atoms with Crippen LogP contribution < -0.4 is 0 Å². The van der Waals surface area contributed by atoms with Crippen LogP contribution in [0.2, 0.25) is 5.02 Å². The first-order chi connectivity index (χ1) is 13.3. The van der Waals surface area contributed by atoms with Gasteiger partial charge in [0.2, 0.25) is 11.8 Å². The van der Waals surface area contributed by atoms with Crippen molar-refractivity contribution in [2.45, 2.75) is 32.7 Å². The van der Waals surface area contributed by atoms with Gasteiger partial charge in [-0.2, -0.15) is 5.01 Å². The lowest BCUT2D eigenvalue weighted by Gasteiger charge is -2.34. The molecular weight excluding hydrogens is 380 g/mol. The summed E-state index contributed by atoms with van der Waals surface area (Å²) in [6.45, 7) is 3.39. The minimum absolute atomic E-state index is 0.00340. The Balaban J connectivity index is 2.03. The number of Topliss-reactive ketones (excluding diaryl/α,β-unsaturated/α-hetero) is 1. The van der Waals surface area contributed by atoms with E-state index in [0.717, 1.165) is 15.6 Å². The van der Waals surface area contributed by atoms with Gasteiger partial charge in [0.1, 0.15) is 6.04 Å². The van der Waals surface area contributed by atoms with Crippen LogP contribution in [-0.2, 0) is 9.59 Å². The van der Waals surface area contributed by atoms with Crippen LogP contribution in [0.4, 0.5) is 0 Å². The van der Waals surface area contributed by atoms with Crippen molar-refractivity contribution in [1.82, 2.24) is 10.0 Å². The maximum Gasteiger partial charge on any atom is 0.275 e. The molecule has 1 saturated heterocycles. The highest BCUT2D eigenvalue weighted by atomic mass is 35.5. The summed E-state index contributed by atoms with van der Waals surface area (Å²) in [6, 6.07) is 12.1. The van der Waals surface area contributed by atoms with Gasteiger partial charge in [0.05, 0.1) is 10.6 Å². The summed E-state index contributed by atoms with van der Waals surface area (Å²) in [7, 11) is 0. The van der Waals surface area contributed by atoms with Crippen LogP contribution in [0.25, 0.3) is 0 Å². The standard InChI is InChI=1S/C21H19ClN2O4/c1-13-7-9-15(10-8-13)20(27)14(2)23(24-18(25)11-12-19(24)26)21(28)16-5-3-4-6-17(16)22/h3-10,14H,11-12H2,1-2H3/t14-/m0/s1. The monoisotopic (exact) mass is 398 g/mol. The van der Waals surface area contributed by atoms with Gasteiger partial charge in [-0.1, -0.05) is 53.6 Å². The molecule has 1 fully saturated rings. The third-order valence-corrected chi connectivity index (χ3v) is 4.96. The normalized spacial score (nSPS) is 14.9. The van der Waals surface area contributed by atoms with E-state index in [9.17, 15) is 19.2 Å². The molecular formula is C21H19ClN2O4. The van der Waals surface area contributed by atoms with Crippen molar-refractivity contribution in [2.24, 2.45) is 0 Å².